The van der Waals surface area contributed by atoms with Gasteiger partial charge in [0, 0.05) is 13.0 Å². The summed E-state index contributed by atoms with van der Waals surface area (Å²) in [4.78, 5) is 11.6. The van der Waals surface area contributed by atoms with Crippen LogP contribution >= 0.6 is 0 Å². The molecule has 0 amide bonds. The normalized spacial score (nSPS) is 12.2. The van der Waals surface area contributed by atoms with Crippen LogP contribution in [-0.2, 0) is 4.74 Å². The highest BCUT2D eigenvalue weighted by Gasteiger charge is 2.08. The van der Waals surface area contributed by atoms with Gasteiger partial charge in [0.2, 0.25) is 0 Å². The summed E-state index contributed by atoms with van der Waals surface area (Å²) in [6.45, 7) is 4.61. The van der Waals surface area contributed by atoms with Crippen LogP contribution in [0.1, 0.15) is 48.5 Å². The lowest BCUT2D eigenvalue weighted by molar-refractivity contribution is 0.0482. The lowest BCUT2D eigenvalue weighted by atomic mass is 9.98. The number of hydrogen-bond acceptors (Lipinski definition) is 3. The van der Waals surface area contributed by atoms with E-state index in [-0.39, 0.29) is 19.2 Å². The number of carbonyl (C=O) groups excluding carboxylic acids is 1. The van der Waals surface area contributed by atoms with Crippen molar-refractivity contribution in [3.8, 4) is 0 Å². The molecule has 0 aliphatic rings. The van der Waals surface area contributed by atoms with Gasteiger partial charge in [-0.2, -0.15) is 0 Å². The van der Waals surface area contributed by atoms with Crippen LogP contribution in [0.3, 0.4) is 0 Å². The van der Waals surface area contributed by atoms with Gasteiger partial charge in [-0.1, -0.05) is 26.0 Å². The first kappa shape index (κ1) is 13.7. The third kappa shape index (κ3) is 4.19. The lowest BCUT2D eigenvalue weighted by Gasteiger charge is -2.09. The number of aliphatic hydroxyl groups is 1. The molecule has 1 rings (SSSR count). The van der Waals surface area contributed by atoms with E-state index in [2.05, 4.69) is 13.8 Å². The largest absolute Gasteiger partial charge is 0.462 e. The highest BCUT2D eigenvalue weighted by atomic mass is 16.5. The molecule has 0 heterocycles. The van der Waals surface area contributed by atoms with E-state index in [1.54, 1.807) is 12.1 Å². The predicted molar refractivity (Wildman–Crippen MR) is 67.1 cm³/mol. The second-order valence-corrected chi connectivity index (χ2v) is 4.14. The van der Waals surface area contributed by atoms with Gasteiger partial charge in [0.05, 0.1) is 12.2 Å². The van der Waals surface area contributed by atoms with Crippen LogP contribution in [0.15, 0.2) is 24.3 Å². The van der Waals surface area contributed by atoms with Crippen LogP contribution in [0.25, 0.3) is 0 Å². The fraction of sp³-hybridized carbons (Fsp3) is 0.500. The first-order valence-corrected chi connectivity index (χ1v) is 6.07. The molecule has 17 heavy (non-hydrogen) atoms. The van der Waals surface area contributed by atoms with Crippen LogP contribution in [0, 0.1) is 0 Å². The minimum atomic E-state index is -0.325. The lowest BCUT2D eigenvalue weighted by Crippen LogP contribution is -2.07. The second kappa shape index (κ2) is 7.07. The molecule has 0 aliphatic carbocycles. The zero-order chi connectivity index (χ0) is 12.7. The summed E-state index contributed by atoms with van der Waals surface area (Å²) in [5.41, 5.74) is 1.80. The molecule has 3 heteroatoms. The number of hydrogen-bond donors (Lipinski definition) is 1. The molecule has 3 nitrogen and oxygen atoms in total. The van der Waals surface area contributed by atoms with Crippen LogP contribution in [0.4, 0.5) is 0 Å². The molecule has 0 spiro atoms. The molecule has 1 aromatic rings. The molecule has 1 atom stereocenters. The third-order valence-electron chi connectivity index (χ3n) is 2.86. The summed E-state index contributed by atoms with van der Waals surface area (Å²) in [7, 11) is 0. The van der Waals surface area contributed by atoms with Crippen LogP contribution < -0.4 is 0 Å². The molecular weight excluding hydrogens is 216 g/mol. The zero-order valence-corrected chi connectivity index (χ0v) is 10.5. The Labute approximate surface area is 102 Å². The van der Waals surface area contributed by atoms with Gasteiger partial charge in [0.25, 0.3) is 0 Å². The zero-order valence-electron chi connectivity index (χ0n) is 10.5. The summed E-state index contributed by atoms with van der Waals surface area (Å²) in [5.74, 6) is 0.184. The van der Waals surface area contributed by atoms with Crippen molar-refractivity contribution in [2.75, 3.05) is 13.2 Å². The van der Waals surface area contributed by atoms with Gasteiger partial charge >= 0.3 is 5.97 Å². The molecule has 1 N–H and O–H groups in total. The van der Waals surface area contributed by atoms with E-state index in [1.165, 1.54) is 5.56 Å². The van der Waals surface area contributed by atoms with Crippen LogP contribution in [-0.4, -0.2) is 24.3 Å². The van der Waals surface area contributed by atoms with Crippen molar-refractivity contribution in [1.82, 2.24) is 0 Å². The van der Waals surface area contributed by atoms with E-state index in [1.807, 2.05) is 12.1 Å². The van der Waals surface area contributed by atoms with E-state index in [0.29, 0.717) is 17.9 Å². The minimum Gasteiger partial charge on any atom is -0.462 e. The van der Waals surface area contributed by atoms with E-state index in [9.17, 15) is 4.79 Å². The number of rotatable bonds is 6. The van der Waals surface area contributed by atoms with Crippen molar-refractivity contribution in [1.29, 1.82) is 0 Å². The summed E-state index contributed by atoms with van der Waals surface area (Å²) >= 11 is 0. The van der Waals surface area contributed by atoms with E-state index >= 15 is 0 Å². The number of ether oxygens (including phenoxy) is 1. The van der Waals surface area contributed by atoms with Gasteiger partial charge in [-0.3, -0.25) is 0 Å². The minimum absolute atomic E-state index is 0.0419. The number of aliphatic hydroxyl groups excluding tert-OH is 1. The van der Waals surface area contributed by atoms with E-state index in [0.717, 1.165) is 6.42 Å². The molecule has 0 saturated heterocycles. The third-order valence-corrected chi connectivity index (χ3v) is 2.86. The molecular formula is C14H20O3. The average Bonchev–Trinajstić information content (AvgIpc) is 2.38. The predicted octanol–water partition coefficient (Wildman–Crippen LogP) is 2.74. The van der Waals surface area contributed by atoms with Crippen molar-refractivity contribution < 1.29 is 14.6 Å². The Hall–Kier alpha value is -1.35. The fourth-order valence-corrected chi connectivity index (χ4v) is 1.50. The Morgan fingerprint density at radius 2 is 2.00 bits per heavy atom. The molecule has 0 aromatic heterocycles. The molecule has 1 unspecified atom stereocenters. The molecule has 1 aromatic carbocycles. The van der Waals surface area contributed by atoms with Gasteiger partial charge in [-0.05, 0) is 30.0 Å². The number of benzene rings is 1. The van der Waals surface area contributed by atoms with Crippen molar-refractivity contribution in [3.63, 3.8) is 0 Å². The summed E-state index contributed by atoms with van der Waals surface area (Å²) in [6.07, 6.45) is 1.57. The van der Waals surface area contributed by atoms with Gasteiger partial charge in [-0.15, -0.1) is 0 Å². The van der Waals surface area contributed by atoms with E-state index in [4.69, 9.17) is 9.84 Å². The SMILES string of the molecule is CCC(C)c1ccc(C(=O)OCCCO)cc1. The average molecular weight is 236 g/mol. The van der Waals surface area contributed by atoms with Gasteiger partial charge in [0.1, 0.15) is 0 Å². The second-order valence-electron chi connectivity index (χ2n) is 4.14. The molecule has 0 fully saturated rings. The van der Waals surface area contributed by atoms with Crippen LogP contribution in [0.2, 0.25) is 0 Å². The first-order valence-electron chi connectivity index (χ1n) is 6.07. The van der Waals surface area contributed by atoms with Gasteiger partial charge in [-0.25, -0.2) is 4.79 Å². The maximum absolute atomic E-state index is 11.6. The maximum Gasteiger partial charge on any atom is 0.338 e. The molecule has 0 radical (unpaired) electrons. The van der Waals surface area contributed by atoms with Crippen molar-refractivity contribution in [2.24, 2.45) is 0 Å². The Kier molecular flexibility index (Phi) is 5.70. The Morgan fingerprint density at radius 1 is 1.35 bits per heavy atom. The summed E-state index contributed by atoms with van der Waals surface area (Å²) in [5, 5.41) is 8.58. The standard InChI is InChI=1S/C14H20O3/c1-3-11(2)12-5-7-13(8-6-12)14(16)17-10-4-9-15/h5-8,11,15H,3-4,9-10H2,1-2H3. The number of carbonyl (C=O) groups is 1. The Balaban J connectivity index is 2.58. The smallest absolute Gasteiger partial charge is 0.338 e. The van der Waals surface area contributed by atoms with Gasteiger partial charge in [0.15, 0.2) is 0 Å². The molecule has 0 aliphatic heterocycles. The molecule has 0 saturated carbocycles. The number of esters is 1. The molecule has 94 valence electrons. The van der Waals surface area contributed by atoms with Crippen molar-refractivity contribution in [2.45, 2.75) is 32.6 Å². The molecule has 0 bridgehead atoms. The van der Waals surface area contributed by atoms with Gasteiger partial charge < -0.3 is 9.84 Å². The highest BCUT2D eigenvalue weighted by molar-refractivity contribution is 5.89. The quantitative estimate of drug-likeness (QED) is 0.610. The Bertz CT molecular complexity index is 343. The maximum atomic E-state index is 11.6. The topological polar surface area (TPSA) is 46.5 Å². The van der Waals surface area contributed by atoms with Crippen molar-refractivity contribution >= 4 is 5.97 Å². The van der Waals surface area contributed by atoms with Crippen LogP contribution in [0.5, 0.6) is 0 Å². The first-order chi connectivity index (χ1) is 8.19. The summed E-state index contributed by atoms with van der Waals surface area (Å²) < 4.78 is 5.00. The highest BCUT2D eigenvalue weighted by Crippen LogP contribution is 2.19. The fourth-order valence-electron chi connectivity index (χ4n) is 1.50. The van der Waals surface area contributed by atoms with Crippen molar-refractivity contribution in [3.05, 3.63) is 35.4 Å². The van der Waals surface area contributed by atoms with E-state index < -0.39 is 0 Å². The Morgan fingerprint density at radius 3 is 2.53 bits per heavy atom. The monoisotopic (exact) mass is 236 g/mol. The summed E-state index contributed by atoms with van der Waals surface area (Å²) in [6, 6.07) is 7.53.